The Morgan fingerprint density at radius 1 is 1.29 bits per heavy atom. The normalized spacial score (nSPS) is 27.6. The molecule has 14 heavy (non-hydrogen) atoms. The predicted molar refractivity (Wildman–Crippen MR) is 59.3 cm³/mol. The maximum absolute atomic E-state index is 5.75. The Morgan fingerprint density at radius 2 is 2.00 bits per heavy atom. The Kier molecular flexibility index (Phi) is 3.79. The van der Waals surface area contributed by atoms with E-state index in [2.05, 4.69) is 34.5 Å². The number of rotatable bonds is 1. The van der Waals surface area contributed by atoms with Gasteiger partial charge in [-0.3, -0.25) is 0 Å². The predicted octanol–water partition coefficient (Wildman–Crippen LogP) is 1.29. The Morgan fingerprint density at radius 3 is 2.64 bits per heavy atom. The van der Waals surface area contributed by atoms with E-state index in [4.69, 9.17) is 4.74 Å². The van der Waals surface area contributed by atoms with Crippen LogP contribution in [0.1, 0.15) is 24.5 Å². The van der Waals surface area contributed by atoms with Crippen LogP contribution in [0.4, 0.5) is 0 Å². The molecule has 3 heteroatoms. The van der Waals surface area contributed by atoms with Crippen molar-refractivity contribution in [3.63, 3.8) is 0 Å². The molecule has 0 aliphatic carbocycles. The van der Waals surface area contributed by atoms with E-state index in [0.29, 0.717) is 11.6 Å². The van der Waals surface area contributed by atoms with E-state index in [1.807, 2.05) is 0 Å². The summed E-state index contributed by atoms with van der Waals surface area (Å²) in [6.07, 6.45) is 2.53. The minimum absolute atomic E-state index is 0.300. The molecule has 0 bridgehead atoms. The fraction of sp³-hybridized carbons (Fsp3) is 0.455. The van der Waals surface area contributed by atoms with Gasteiger partial charge >= 0.3 is 105 Å². The number of benzene rings is 1. The van der Waals surface area contributed by atoms with Gasteiger partial charge in [0.1, 0.15) is 0 Å². The first-order chi connectivity index (χ1) is 6.75. The summed E-state index contributed by atoms with van der Waals surface area (Å²) in [5, 5.41) is 0. The van der Waals surface area contributed by atoms with Crippen molar-refractivity contribution in [2.24, 2.45) is 0 Å². The van der Waals surface area contributed by atoms with Crippen LogP contribution in [0.3, 0.4) is 0 Å². The Labute approximate surface area is 104 Å². The van der Waals surface area contributed by atoms with Gasteiger partial charge in [-0.25, -0.2) is 0 Å². The second-order valence-electron chi connectivity index (χ2n) is 3.70. The van der Waals surface area contributed by atoms with Gasteiger partial charge in [0.05, 0.1) is 0 Å². The van der Waals surface area contributed by atoms with Gasteiger partial charge in [-0.2, -0.15) is 0 Å². The van der Waals surface area contributed by atoms with E-state index in [1.54, 1.807) is 0 Å². The van der Waals surface area contributed by atoms with Gasteiger partial charge < -0.3 is 0 Å². The van der Waals surface area contributed by atoms with Gasteiger partial charge in [-0.15, -0.1) is 0 Å². The molecular weight excluding hydrogens is 383 g/mol. The molecule has 0 spiro atoms. The molecule has 1 aliphatic rings. The van der Waals surface area contributed by atoms with Crippen LogP contribution < -0.4 is 3.12 Å². The van der Waals surface area contributed by atoms with Gasteiger partial charge in [0.15, 0.2) is 0 Å². The van der Waals surface area contributed by atoms with Gasteiger partial charge in [0.25, 0.3) is 0 Å². The summed E-state index contributed by atoms with van der Waals surface area (Å²) in [4.78, 5) is 0. The fourth-order valence-corrected chi connectivity index (χ4v) is 2.71. The van der Waals surface area contributed by atoms with Crippen LogP contribution in [0.5, 0.6) is 0 Å². The SMILES string of the molecule is [Si]C1CCOC(c2cc[c]([Pb])cc2)C1. The summed E-state index contributed by atoms with van der Waals surface area (Å²) in [7, 11) is 3.72. The molecule has 1 nitrogen and oxygen atoms in total. The Balaban J connectivity index is 2.10. The monoisotopic (exact) mass is 396 g/mol. The summed E-state index contributed by atoms with van der Waals surface area (Å²) < 4.78 is 7.20. The molecule has 1 aromatic rings. The second kappa shape index (κ2) is 4.90. The zero-order chi connectivity index (χ0) is 9.97. The zero-order valence-electron chi connectivity index (χ0n) is 7.99. The summed E-state index contributed by atoms with van der Waals surface area (Å²) in [5.74, 6) is 0. The van der Waals surface area contributed by atoms with E-state index in [9.17, 15) is 0 Å². The van der Waals surface area contributed by atoms with Crippen LogP contribution in [0.15, 0.2) is 24.3 Å². The van der Waals surface area contributed by atoms with E-state index in [1.165, 1.54) is 8.69 Å². The van der Waals surface area contributed by atoms with E-state index in [0.717, 1.165) is 45.2 Å². The third-order valence-electron chi connectivity index (χ3n) is 2.57. The maximum atomic E-state index is 5.75. The van der Waals surface area contributed by atoms with E-state index >= 15 is 0 Å². The van der Waals surface area contributed by atoms with Crippen molar-refractivity contribution in [2.45, 2.75) is 24.5 Å². The van der Waals surface area contributed by atoms with Crippen molar-refractivity contribution < 1.29 is 4.74 Å². The average Bonchev–Trinajstić information content (AvgIpc) is 2.19. The third-order valence-corrected chi connectivity index (χ3v) is 4.39. The summed E-state index contributed by atoms with van der Waals surface area (Å²) >= 11 is 1.13. The Bertz CT molecular complexity index is 299. The van der Waals surface area contributed by atoms with Crippen molar-refractivity contribution in [1.82, 2.24) is 0 Å². The average molecular weight is 396 g/mol. The molecule has 2 rings (SSSR count). The van der Waals surface area contributed by atoms with Crippen molar-refractivity contribution in [3.05, 3.63) is 29.8 Å². The van der Waals surface area contributed by atoms with Gasteiger partial charge in [-0.05, 0) is 0 Å². The fourth-order valence-electron chi connectivity index (χ4n) is 1.73. The molecule has 0 N–H and O–H groups in total. The first kappa shape index (κ1) is 10.8. The zero-order valence-corrected chi connectivity index (χ0v) is 12.9. The van der Waals surface area contributed by atoms with Gasteiger partial charge in [0, 0.05) is 0 Å². The number of hydrogen-bond donors (Lipinski definition) is 0. The molecule has 1 saturated heterocycles. The molecule has 2 atom stereocenters. The summed E-state index contributed by atoms with van der Waals surface area (Å²) in [6.45, 7) is 0.876. The first-order valence-corrected chi connectivity index (χ1v) is 7.42. The quantitative estimate of drug-likeness (QED) is 0.652. The summed E-state index contributed by atoms with van der Waals surface area (Å²) in [6, 6.07) is 8.83. The van der Waals surface area contributed by atoms with E-state index in [-0.39, 0.29) is 0 Å². The molecule has 0 aromatic heterocycles. The topological polar surface area (TPSA) is 9.23 Å². The number of ether oxygens (including phenoxy) is 1. The van der Waals surface area contributed by atoms with Crippen molar-refractivity contribution in [1.29, 1.82) is 0 Å². The molecule has 6 radical (unpaired) electrons. The van der Waals surface area contributed by atoms with Crippen molar-refractivity contribution in [3.8, 4) is 0 Å². The van der Waals surface area contributed by atoms with Crippen LogP contribution in [0.25, 0.3) is 0 Å². The van der Waals surface area contributed by atoms with Crippen LogP contribution in [-0.2, 0) is 4.74 Å². The molecular formula is C11H12OPbSi. The summed E-state index contributed by atoms with van der Waals surface area (Å²) in [5.41, 5.74) is 1.94. The van der Waals surface area contributed by atoms with Crippen LogP contribution in [0, 0.1) is 0 Å². The minimum atomic E-state index is 0.300. The molecule has 70 valence electrons. The molecule has 1 heterocycles. The molecule has 1 aliphatic heterocycles. The third kappa shape index (κ3) is 2.67. The van der Waals surface area contributed by atoms with E-state index < -0.39 is 0 Å². The van der Waals surface area contributed by atoms with Crippen molar-refractivity contribution in [2.75, 3.05) is 6.61 Å². The van der Waals surface area contributed by atoms with Crippen LogP contribution >= 0.6 is 0 Å². The molecule has 0 saturated carbocycles. The molecule has 1 fully saturated rings. The molecule has 1 aromatic carbocycles. The Hall–Kier alpha value is 0.319. The molecule has 2 unspecified atom stereocenters. The van der Waals surface area contributed by atoms with Gasteiger partial charge in [-0.1, -0.05) is 0 Å². The van der Waals surface area contributed by atoms with Crippen LogP contribution in [-0.4, -0.2) is 42.6 Å². The molecule has 0 amide bonds. The second-order valence-corrected chi connectivity index (χ2v) is 6.76. The van der Waals surface area contributed by atoms with Crippen molar-refractivity contribution >= 4 is 39.1 Å². The van der Waals surface area contributed by atoms with Crippen LogP contribution in [0.2, 0.25) is 5.54 Å². The first-order valence-electron chi connectivity index (χ1n) is 4.90. The number of hydrogen-bond acceptors (Lipinski definition) is 1. The standard InChI is InChI=1S/C11H12OSi.Pb/c13-10-6-7-12-11(8-10)9-4-2-1-3-5-9;/h2-5,10-11H,6-8H2;. The van der Waals surface area contributed by atoms with Gasteiger partial charge in [0.2, 0.25) is 0 Å².